The summed E-state index contributed by atoms with van der Waals surface area (Å²) in [6.45, 7) is 5.78. The average Bonchev–Trinajstić information content (AvgIpc) is 3.00. The smallest absolute Gasteiger partial charge is 0.272 e. The van der Waals surface area contributed by atoms with E-state index in [0.717, 1.165) is 18.1 Å². The van der Waals surface area contributed by atoms with Crippen molar-refractivity contribution in [1.29, 1.82) is 0 Å². The van der Waals surface area contributed by atoms with E-state index in [0.29, 0.717) is 24.6 Å². The molecule has 1 aliphatic heterocycles. The first kappa shape index (κ1) is 14.6. The minimum absolute atomic E-state index is 0.0433. The SMILES string of the molecule is Cc1cc(C(=O)N2CCN(C)[C@@H](c3ncc[nH]3)C2)nc(C)n1. The standard InChI is InChI=1S/C15H20N6O/c1-10-8-12(19-11(2)18-10)15(22)21-7-6-20(3)13(9-21)14-16-4-5-17-14/h4-5,8,13H,6-7,9H2,1-3H3,(H,16,17)/t13-/m1/s1. The third-order valence-electron chi connectivity index (χ3n) is 3.96. The van der Waals surface area contributed by atoms with Gasteiger partial charge in [-0.1, -0.05) is 0 Å². The van der Waals surface area contributed by atoms with Crippen LogP contribution in [0.1, 0.15) is 33.9 Å². The third-order valence-corrected chi connectivity index (χ3v) is 3.96. The number of aromatic nitrogens is 4. The number of likely N-dealkylation sites (N-methyl/N-ethyl adjacent to an activating group) is 1. The van der Waals surface area contributed by atoms with Crippen LogP contribution in [0.25, 0.3) is 0 Å². The third kappa shape index (κ3) is 2.85. The Kier molecular flexibility index (Phi) is 3.89. The molecule has 1 atom stereocenters. The highest BCUT2D eigenvalue weighted by atomic mass is 16.2. The number of amides is 1. The molecule has 1 saturated heterocycles. The van der Waals surface area contributed by atoms with Gasteiger partial charge in [-0.2, -0.15) is 0 Å². The number of aryl methyl sites for hydroxylation is 2. The molecule has 22 heavy (non-hydrogen) atoms. The number of nitrogens with zero attached hydrogens (tertiary/aromatic N) is 5. The van der Waals surface area contributed by atoms with Crippen LogP contribution >= 0.6 is 0 Å². The molecule has 1 aliphatic rings. The van der Waals surface area contributed by atoms with Crippen molar-refractivity contribution < 1.29 is 4.79 Å². The summed E-state index contributed by atoms with van der Waals surface area (Å²) in [5.74, 6) is 1.47. The molecule has 2 aromatic heterocycles. The number of rotatable bonds is 2. The van der Waals surface area contributed by atoms with Crippen LogP contribution in [0.5, 0.6) is 0 Å². The molecule has 0 unspecified atom stereocenters. The normalized spacial score (nSPS) is 19.4. The van der Waals surface area contributed by atoms with Crippen LogP contribution < -0.4 is 0 Å². The van der Waals surface area contributed by atoms with Crippen molar-refractivity contribution in [3.05, 3.63) is 41.5 Å². The van der Waals surface area contributed by atoms with Crippen LogP contribution in [0.15, 0.2) is 18.5 Å². The van der Waals surface area contributed by atoms with Gasteiger partial charge in [0.15, 0.2) is 0 Å². The molecule has 1 fully saturated rings. The summed E-state index contributed by atoms with van der Waals surface area (Å²) in [4.78, 5) is 32.7. The van der Waals surface area contributed by atoms with Gasteiger partial charge in [0.25, 0.3) is 5.91 Å². The van der Waals surface area contributed by atoms with E-state index < -0.39 is 0 Å². The van der Waals surface area contributed by atoms with Crippen molar-refractivity contribution in [3.63, 3.8) is 0 Å². The van der Waals surface area contributed by atoms with Gasteiger partial charge in [-0.15, -0.1) is 0 Å². The summed E-state index contributed by atoms with van der Waals surface area (Å²) in [5, 5.41) is 0. The van der Waals surface area contributed by atoms with Crippen molar-refractivity contribution in [2.75, 3.05) is 26.7 Å². The Morgan fingerprint density at radius 3 is 2.82 bits per heavy atom. The minimum Gasteiger partial charge on any atom is -0.347 e. The number of imidazole rings is 1. The predicted molar refractivity (Wildman–Crippen MR) is 81.4 cm³/mol. The lowest BCUT2D eigenvalue weighted by Crippen LogP contribution is -2.49. The van der Waals surface area contributed by atoms with Gasteiger partial charge >= 0.3 is 0 Å². The Morgan fingerprint density at radius 1 is 1.32 bits per heavy atom. The lowest BCUT2D eigenvalue weighted by molar-refractivity contribution is 0.0528. The van der Waals surface area contributed by atoms with E-state index in [4.69, 9.17) is 0 Å². The fourth-order valence-corrected chi connectivity index (χ4v) is 2.80. The fraction of sp³-hybridized carbons (Fsp3) is 0.467. The summed E-state index contributed by atoms with van der Waals surface area (Å²) in [7, 11) is 2.05. The van der Waals surface area contributed by atoms with E-state index in [1.54, 1.807) is 25.4 Å². The highest BCUT2D eigenvalue weighted by Crippen LogP contribution is 2.22. The van der Waals surface area contributed by atoms with Gasteiger partial charge in [0.2, 0.25) is 0 Å². The zero-order valence-corrected chi connectivity index (χ0v) is 13.1. The molecule has 1 N–H and O–H groups in total. The van der Waals surface area contributed by atoms with Crippen molar-refractivity contribution in [1.82, 2.24) is 29.7 Å². The largest absolute Gasteiger partial charge is 0.347 e. The van der Waals surface area contributed by atoms with Crippen molar-refractivity contribution in [3.8, 4) is 0 Å². The maximum absolute atomic E-state index is 12.7. The van der Waals surface area contributed by atoms with Crippen LogP contribution in [-0.2, 0) is 0 Å². The number of piperazine rings is 1. The Hall–Kier alpha value is -2.28. The molecule has 0 saturated carbocycles. The number of aromatic amines is 1. The zero-order chi connectivity index (χ0) is 15.7. The number of hydrogen-bond acceptors (Lipinski definition) is 5. The van der Waals surface area contributed by atoms with Gasteiger partial charge in [-0.05, 0) is 27.0 Å². The molecule has 0 spiro atoms. The second-order valence-electron chi connectivity index (χ2n) is 5.66. The number of nitrogens with one attached hydrogen (secondary N) is 1. The summed E-state index contributed by atoms with van der Waals surface area (Å²) in [6, 6.07) is 1.83. The molecule has 7 nitrogen and oxygen atoms in total. The van der Waals surface area contributed by atoms with Crippen LogP contribution in [-0.4, -0.2) is 62.3 Å². The molecule has 116 valence electrons. The van der Waals surface area contributed by atoms with E-state index >= 15 is 0 Å². The van der Waals surface area contributed by atoms with Crippen LogP contribution in [0, 0.1) is 13.8 Å². The molecule has 2 aromatic rings. The summed E-state index contributed by atoms with van der Waals surface area (Å²) < 4.78 is 0. The van der Waals surface area contributed by atoms with E-state index in [-0.39, 0.29) is 11.9 Å². The zero-order valence-electron chi connectivity index (χ0n) is 13.1. The molecule has 0 radical (unpaired) electrons. The molecule has 7 heteroatoms. The van der Waals surface area contributed by atoms with Crippen molar-refractivity contribution >= 4 is 5.91 Å². The maximum Gasteiger partial charge on any atom is 0.272 e. The highest BCUT2D eigenvalue weighted by molar-refractivity contribution is 5.92. The molecule has 1 amide bonds. The topological polar surface area (TPSA) is 78.0 Å². The first-order valence-electron chi connectivity index (χ1n) is 7.35. The van der Waals surface area contributed by atoms with Crippen molar-refractivity contribution in [2.45, 2.75) is 19.9 Å². The first-order chi connectivity index (χ1) is 10.5. The average molecular weight is 300 g/mol. The van der Waals surface area contributed by atoms with Crippen LogP contribution in [0.2, 0.25) is 0 Å². The van der Waals surface area contributed by atoms with Crippen molar-refractivity contribution in [2.24, 2.45) is 0 Å². The number of hydrogen-bond donors (Lipinski definition) is 1. The Bertz CT molecular complexity index is 648. The molecule has 0 aromatic carbocycles. The summed E-state index contributed by atoms with van der Waals surface area (Å²) in [5.41, 5.74) is 1.28. The van der Waals surface area contributed by atoms with Crippen LogP contribution in [0.3, 0.4) is 0 Å². The molecule has 3 heterocycles. The maximum atomic E-state index is 12.7. The monoisotopic (exact) mass is 300 g/mol. The lowest BCUT2D eigenvalue weighted by atomic mass is 10.1. The quantitative estimate of drug-likeness (QED) is 0.893. The van der Waals surface area contributed by atoms with E-state index in [9.17, 15) is 4.79 Å². The second-order valence-corrected chi connectivity index (χ2v) is 5.66. The fourth-order valence-electron chi connectivity index (χ4n) is 2.80. The number of carbonyl (C=O) groups is 1. The Balaban J connectivity index is 1.81. The van der Waals surface area contributed by atoms with Gasteiger partial charge in [0, 0.05) is 37.7 Å². The van der Waals surface area contributed by atoms with E-state index in [1.807, 2.05) is 18.9 Å². The lowest BCUT2D eigenvalue weighted by Gasteiger charge is -2.38. The van der Waals surface area contributed by atoms with E-state index in [1.165, 1.54) is 0 Å². The highest BCUT2D eigenvalue weighted by Gasteiger charge is 2.30. The van der Waals surface area contributed by atoms with Gasteiger partial charge in [0.1, 0.15) is 17.3 Å². The molecule has 0 aliphatic carbocycles. The Labute approximate surface area is 129 Å². The van der Waals surface area contributed by atoms with Gasteiger partial charge in [-0.25, -0.2) is 15.0 Å². The van der Waals surface area contributed by atoms with Gasteiger partial charge in [0.05, 0.1) is 6.04 Å². The van der Waals surface area contributed by atoms with Gasteiger partial charge in [-0.3, -0.25) is 9.69 Å². The molecular weight excluding hydrogens is 280 g/mol. The van der Waals surface area contributed by atoms with Crippen LogP contribution in [0.4, 0.5) is 0 Å². The van der Waals surface area contributed by atoms with Gasteiger partial charge < -0.3 is 9.88 Å². The summed E-state index contributed by atoms with van der Waals surface area (Å²) in [6.07, 6.45) is 3.54. The molecule has 0 bridgehead atoms. The Morgan fingerprint density at radius 2 is 2.14 bits per heavy atom. The predicted octanol–water partition coefficient (Wildman–Crippen LogP) is 0.945. The number of carbonyl (C=O) groups excluding carboxylic acids is 1. The first-order valence-corrected chi connectivity index (χ1v) is 7.35. The van der Waals surface area contributed by atoms with E-state index in [2.05, 4.69) is 24.8 Å². The molecular formula is C15H20N6O. The summed E-state index contributed by atoms with van der Waals surface area (Å²) >= 11 is 0. The second kappa shape index (κ2) is 5.84. The molecule has 3 rings (SSSR count). The minimum atomic E-state index is -0.0433. The number of H-pyrrole nitrogens is 1.